The number of para-hydroxylation sites is 1. The summed E-state index contributed by atoms with van der Waals surface area (Å²) in [5.74, 6) is -0.401. The van der Waals surface area contributed by atoms with E-state index in [-0.39, 0.29) is 5.69 Å². The topological polar surface area (TPSA) is 38.4 Å². The Morgan fingerprint density at radius 3 is 2.91 bits per heavy atom. The highest BCUT2D eigenvalue weighted by molar-refractivity contribution is 5.86. The van der Waals surface area contributed by atoms with Crippen LogP contribution in [0.15, 0.2) is 23.2 Å². The molecule has 0 saturated carbocycles. The third kappa shape index (κ3) is 1.55. The number of rotatable bonds is 1. The van der Waals surface area contributed by atoms with Gasteiger partial charge in [0.05, 0.1) is 5.69 Å². The standard InChI is InChI=1S/C8H9FN2/c1-11-5-6-3-2-4-7(9)8(6)10/h2-5H,10H2,1H3. The summed E-state index contributed by atoms with van der Waals surface area (Å²) in [6.45, 7) is 0. The number of hydrogen-bond acceptors (Lipinski definition) is 2. The number of aliphatic imine (C=N–C) groups is 1. The molecule has 0 aliphatic carbocycles. The van der Waals surface area contributed by atoms with E-state index in [4.69, 9.17) is 5.73 Å². The molecule has 0 amide bonds. The average Bonchev–Trinajstić information content (AvgIpc) is 1.99. The zero-order chi connectivity index (χ0) is 8.27. The lowest BCUT2D eigenvalue weighted by molar-refractivity contribution is 0.632. The van der Waals surface area contributed by atoms with Gasteiger partial charge >= 0.3 is 0 Å². The van der Waals surface area contributed by atoms with Crippen LogP contribution in [-0.4, -0.2) is 13.3 Å². The maximum Gasteiger partial charge on any atom is 0.146 e. The van der Waals surface area contributed by atoms with Crippen LogP contribution in [0, 0.1) is 5.82 Å². The number of nitrogens with zero attached hydrogens (tertiary/aromatic N) is 1. The second-order valence-electron chi connectivity index (χ2n) is 2.13. The quantitative estimate of drug-likeness (QED) is 0.480. The first-order valence-corrected chi connectivity index (χ1v) is 3.22. The smallest absolute Gasteiger partial charge is 0.146 e. The Hall–Kier alpha value is -1.38. The summed E-state index contributed by atoms with van der Waals surface area (Å²) in [6.07, 6.45) is 1.53. The molecule has 0 atom stereocenters. The van der Waals surface area contributed by atoms with Gasteiger partial charge in [-0.25, -0.2) is 4.39 Å². The van der Waals surface area contributed by atoms with Gasteiger partial charge < -0.3 is 5.73 Å². The molecule has 1 aromatic carbocycles. The van der Waals surface area contributed by atoms with Gasteiger partial charge in [-0.1, -0.05) is 12.1 Å². The van der Waals surface area contributed by atoms with E-state index in [1.807, 2.05) is 0 Å². The summed E-state index contributed by atoms with van der Waals surface area (Å²) < 4.78 is 12.7. The Balaban J connectivity index is 3.16. The number of halogens is 1. The molecule has 0 radical (unpaired) electrons. The fourth-order valence-electron chi connectivity index (χ4n) is 0.805. The highest BCUT2D eigenvalue weighted by atomic mass is 19.1. The lowest BCUT2D eigenvalue weighted by atomic mass is 10.2. The van der Waals surface area contributed by atoms with Crippen LogP contribution in [0.1, 0.15) is 5.56 Å². The first kappa shape index (κ1) is 7.72. The molecule has 1 aromatic rings. The van der Waals surface area contributed by atoms with Gasteiger partial charge in [-0.2, -0.15) is 0 Å². The molecule has 1 rings (SSSR count). The van der Waals surface area contributed by atoms with E-state index in [1.165, 1.54) is 12.3 Å². The third-order valence-corrected chi connectivity index (χ3v) is 1.35. The van der Waals surface area contributed by atoms with Crippen molar-refractivity contribution in [3.05, 3.63) is 29.6 Å². The third-order valence-electron chi connectivity index (χ3n) is 1.35. The minimum Gasteiger partial charge on any atom is -0.396 e. The maximum atomic E-state index is 12.7. The minimum absolute atomic E-state index is 0.151. The van der Waals surface area contributed by atoms with Gasteiger partial charge in [0.1, 0.15) is 5.82 Å². The zero-order valence-corrected chi connectivity index (χ0v) is 6.21. The first-order chi connectivity index (χ1) is 5.25. The van der Waals surface area contributed by atoms with Crippen LogP contribution in [0.4, 0.5) is 10.1 Å². The Bertz CT molecular complexity index is 281. The number of nitrogen functional groups attached to an aromatic ring is 1. The van der Waals surface area contributed by atoms with E-state index in [0.717, 1.165) is 0 Å². The fourth-order valence-corrected chi connectivity index (χ4v) is 0.805. The molecular weight excluding hydrogens is 143 g/mol. The molecule has 0 aromatic heterocycles. The average molecular weight is 152 g/mol. The van der Waals surface area contributed by atoms with Crippen molar-refractivity contribution in [3.63, 3.8) is 0 Å². The summed E-state index contributed by atoms with van der Waals surface area (Å²) in [5, 5.41) is 0. The Kier molecular flexibility index (Phi) is 2.21. The van der Waals surface area contributed by atoms with Crippen LogP contribution >= 0.6 is 0 Å². The monoisotopic (exact) mass is 152 g/mol. The SMILES string of the molecule is CN=Cc1cccc(F)c1N. The van der Waals surface area contributed by atoms with E-state index >= 15 is 0 Å². The second kappa shape index (κ2) is 3.14. The molecule has 0 heterocycles. The van der Waals surface area contributed by atoms with Crippen LogP contribution in [0.2, 0.25) is 0 Å². The molecule has 0 fully saturated rings. The molecule has 2 N–H and O–H groups in total. The lowest BCUT2D eigenvalue weighted by Gasteiger charge is -1.98. The Labute approximate surface area is 64.6 Å². The number of nitrogens with two attached hydrogens (primary N) is 1. The largest absolute Gasteiger partial charge is 0.396 e. The molecule has 0 unspecified atom stereocenters. The first-order valence-electron chi connectivity index (χ1n) is 3.22. The van der Waals surface area contributed by atoms with Crippen molar-refractivity contribution >= 4 is 11.9 Å². The molecule has 0 aliphatic rings. The molecule has 58 valence electrons. The van der Waals surface area contributed by atoms with Crippen LogP contribution in [-0.2, 0) is 0 Å². The van der Waals surface area contributed by atoms with Gasteiger partial charge in [-0.3, -0.25) is 4.99 Å². The summed E-state index contributed by atoms with van der Waals surface area (Å²) in [4.78, 5) is 3.74. The van der Waals surface area contributed by atoms with E-state index in [1.54, 1.807) is 19.2 Å². The normalized spacial score (nSPS) is 10.7. The van der Waals surface area contributed by atoms with E-state index in [0.29, 0.717) is 5.56 Å². The summed E-state index contributed by atoms with van der Waals surface area (Å²) >= 11 is 0. The highest BCUT2D eigenvalue weighted by Gasteiger charge is 1.99. The zero-order valence-electron chi connectivity index (χ0n) is 6.21. The van der Waals surface area contributed by atoms with Crippen molar-refractivity contribution in [2.24, 2.45) is 4.99 Å². The van der Waals surface area contributed by atoms with Gasteiger partial charge in [-0.15, -0.1) is 0 Å². The fraction of sp³-hybridized carbons (Fsp3) is 0.125. The van der Waals surface area contributed by atoms with E-state index < -0.39 is 5.82 Å². The highest BCUT2D eigenvalue weighted by Crippen LogP contribution is 2.13. The molecule has 11 heavy (non-hydrogen) atoms. The molecule has 0 bridgehead atoms. The van der Waals surface area contributed by atoms with Gasteiger partial charge in [-0.05, 0) is 6.07 Å². The molecule has 2 nitrogen and oxygen atoms in total. The van der Waals surface area contributed by atoms with Crippen molar-refractivity contribution in [2.45, 2.75) is 0 Å². The van der Waals surface area contributed by atoms with Crippen molar-refractivity contribution in [1.29, 1.82) is 0 Å². The predicted octanol–water partition coefficient (Wildman–Crippen LogP) is 1.46. The lowest BCUT2D eigenvalue weighted by Crippen LogP contribution is -1.96. The Morgan fingerprint density at radius 2 is 2.27 bits per heavy atom. The van der Waals surface area contributed by atoms with Crippen LogP contribution in [0.5, 0.6) is 0 Å². The number of benzene rings is 1. The van der Waals surface area contributed by atoms with Crippen molar-refractivity contribution < 1.29 is 4.39 Å². The van der Waals surface area contributed by atoms with Crippen LogP contribution < -0.4 is 5.73 Å². The number of anilines is 1. The minimum atomic E-state index is -0.401. The Morgan fingerprint density at radius 1 is 1.55 bits per heavy atom. The van der Waals surface area contributed by atoms with Gasteiger partial charge in [0.25, 0.3) is 0 Å². The second-order valence-corrected chi connectivity index (χ2v) is 2.13. The van der Waals surface area contributed by atoms with Gasteiger partial charge in [0.15, 0.2) is 0 Å². The number of hydrogen-bond donors (Lipinski definition) is 1. The van der Waals surface area contributed by atoms with Crippen LogP contribution in [0.25, 0.3) is 0 Å². The molecule has 0 aliphatic heterocycles. The van der Waals surface area contributed by atoms with Crippen molar-refractivity contribution in [1.82, 2.24) is 0 Å². The molecule has 0 spiro atoms. The van der Waals surface area contributed by atoms with Gasteiger partial charge in [0, 0.05) is 18.8 Å². The van der Waals surface area contributed by atoms with E-state index in [9.17, 15) is 4.39 Å². The predicted molar refractivity (Wildman–Crippen MR) is 44.3 cm³/mol. The summed E-state index contributed by atoms with van der Waals surface area (Å²) in [6, 6.07) is 4.64. The summed E-state index contributed by atoms with van der Waals surface area (Å²) in [7, 11) is 1.62. The van der Waals surface area contributed by atoms with Crippen LogP contribution in [0.3, 0.4) is 0 Å². The summed E-state index contributed by atoms with van der Waals surface area (Å²) in [5.41, 5.74) is 6.17. The van der Waals surface area contributed by atoms with Crippen molar-refractivity contribution in [3.8, 4) is 0 Å². The van der Waals surface area contributed by atoms with E-state index in [2.05, 4.69) is 4.99 Å². The molecule has 0 saturated heterocycles. The molecule has 3 heteroatoms. The maximum absolute atomic E-state index is 12.7. The van der Waals surface area contributed by atoms with Crippen molar-refractivity contribution in [2.75, 3.05) is 12.8 Å². The van der Waals surface area contributed by atoms with Gasteiger partial charge in [0.2, 0.25) is 0 Å². The molecular formula is C8H9FN2.